The maximum Gasteiger partial charge on any atom is 0.408 e. The highest BCUT2D eigenvalue weighted by Crippen LogP contribution is 2.06. The van der Waals surface area contributed by atoms with E-state index in [1.54, 1.807) is 20.8 Å². The molecule has 9 heteroatoms. The van der Waals surface area contributed by atoms with E-state index in [9.17, 15) is 19.2 Å². The standard InChI is InChI=1S/C13H23N3O6.C3H8.C2H2/c1-13(2,3)22-12(21)15-7-10(18)16-9(11(19)20)5-4-6-14-8-17;1-3-2;1-2/h8-9H,4-7H2,1-3H3,(H,14,17)(H,15,21)(H,16,18)(H,19,20);3H2,1-2H3;1-2H/t9-;;/m0../s1. The van der Waals surface area contributed by atoms with Gasteiger partial charge in [0.05, 0.1) is 0 Å². The zero-order valence-electron chi connectivity index (χ0n) is 16.8. The van der Waals surface area contributed by atoms with Gasteiger partial charge in [0.2, 0.25) is 12.3 Å². The second-order valence-corrected chi connectivity index (χ2v) is 6.24. The Labute approximate surface area is 161 Å². The number of aliphatic carboxylic acids is 1. The van der Waals surface area contributed by atoms with E-state index in [0.29, 0.717) is 19.4 Å². The van der Waals surface area contributed by atoms with Crippen molar-refractivity contribution < 1.29 is 29.0 Å². The first kappa shape index (κ1) is 29.0. The molecule has 0 fully saturated rings. The summed E-state index contributed by atoms with van der Waals surface area (Å²) in [4.78, 5) is 44.0. The fourth-order valence-electron chi connectivity index (χ4n) is 1.44. The van der Waals surface area contributed by atoms with Crippen LogP contribution in [0.5, 0.6) is 0 Å². The number of carboxylic acids is 1. The van der Waals surface area contributed by atoms with Crippen LogP contribution in [0.1, 0.15) is 53.9 Å². The number of alkyl carbamates (subject to hydrolysis) is 1. The summed E-state index contributed by atoms with van der Waals surface area (Å²) in [6.07, 6.45) is 9.56. The van der Waals surface area contributed by atoms with Crippen molar-refractivity contribution in [3.63, 3.8) is 0 Å². The summed E-state index contributed by atoms with van der Waals surface area (Å²) in [5.41, 5.74) is -0.685. The SMILES string of the molecule is C#C.CC(C)(C)OC(=O)NCC(=O)N[C@@H](CCCNC=O)C(=O)O.CCC. The predicted molar refractivity (Wildman–Crippen MR) is 103 cm³/mol. The van der Waals surface area contributed by atoms with Crippen molar-refractivity contribution in [2.45, 2.75) is 65.5 Å². The molecule has 0 aromatic carbocycles. The number of carbonyl (C=O) groups excluding carboxylic acids is 3. The molecule has 0 unspecified atom stereocenters. The van der Waals surface area contributed by atoms with Gasteiger partial charge in [0.25, 0.3) is 0 Å². The van der Waals surface area contributed by atoms with Gasteiger partial charge >= 0.3 is 12.1 Å². The van der Waals surface area contributed by atoms with Crippen molar-refractivity contribution in [3.8, 4) is 12.8 Å². The van der Waals surface area contributed by atoms with Crippen LogP contribution in [0.2, 0.25) is 0 Å². The second kappa shape index (κ2) is 18.0. The molecule has 0 bridgehead atoms. The number of amides is 3. The van der Waals surface area contributed by atoms with Gasteiger partial charge in [-0.25, -0.2) is 9.59 Å². The maximum absolute atomic E-state index is 11.6. The number of rotatable bonds is 9. The summed E-state index contributed by atoms with van der Waals surface area (Å²) in [6.45, 7) is 9.23. The Bertz CT molecular complexity index is 458. The Hall–Kier alpha value is -2.76. The second-order valence-electron chi connectivity index (χ2n) is 6.24. The fraction of sp³-hybridized carbons (Fsp3) is 0.667. The first-order valence-corrected chi connectivity index (χ1v) is 8.56. The Kier molecular flexibility index (Phi) is 19.4. The third kappa shape index (κ3) is 23.2. The lowest BCUT2D eigenvalue weighted by Crippen LogP contribution is -2.46. The fourth-order valence-corrected chi connectivity index (χ4v) is 1.44. The van der Waals surface area contributed by atoms with Crippen LogP contribution in [-0.2, 0) is 19.1 Å². The van der Waals surface area contributed by atoms with Gasteiger partial charge in [-0.3, -0.25) is 9.59 Å². The predicted octanol–water partition coefficient (Wildman–Crippen LogP) is 1.27. The third-order valence-corrected chi connectivity index (χ3v) is 2.32. The molecule has 0 aromatic rings. The summed E-state index contributed by atoms with van der Waals surface area (Å²) in [5, 5.41) is 15.9. The third-order valence-electron chi connectivity index (χ3n) is 2.32. The summed E-state index contributed by atoms with van der Waals surface area (Å²) < 4.78 is 4.94. The average Bonchev–Trinajstić information content (AvgIpc) is 2.56. The van der Waals surface area contributed by atoms with Crippen LogP contribution >= 0.6 is 0 Å². The molecule has 1 atom stereocenters. The smallest absolute Gasteiger partial charge is 0.408 e. The summed E-state index contributed by atoms with van der Waals surface area (Å²) >= 11 is 0. The molecule has 0 aliphatic carbocycles. The molecular weight excluding hydrogens is 354 g/mol. The van der Waals surface area contributed by atoms with E-state index < -0.39 is 29.6 Å². The van der Waals surface area contributed by atoms with Crippen LogP contribution in [0, 0.1) is 12.8 Å². The van der Waals surface area contributed by atoms with Crippen molar-refractivity contribution in [2.24, 2.45) is 0 Å². The number of carbonyl (C=O) groups is 4. The van der Waals surface area contributed by atoms with Crippen LogP contribution in [0.3, 0.4) is 0 Å². The molecule has 4 N–H and O–H groups in total. The highest BCUT2D eigenvalue weighted by Gasteiger charge is 2.21. The highest BCUT2D eigenvalue weighted by molar-refractivity contribution is 5.86. The summed E-state index contributed by atoms with van der Waals surface area (Å²) in [7, 11) is 0. The minimum absolute atomic E-state index is 0.161. The molecule has 0 spiro atoms. The van der Waals surface area contributed by atoms with Crippen LogP contribution in [0.25, 0.3) is 0 Å². The van der Waals surface area contributed by atoms with Crippen molar-refractivity contribution in [1.82, 2.24) is 16.0 Å². The maximum atomic E-state index is 11.6. The van der Waals surface area contributed by atoms with E-state index in [2.05, 4.69) is 42.6 Å². The van der Waals surface area contributed by atoms with Gasteiger partial charge in [0, 0.05) is 6.54 Å². The molecule has 0 saturated heterocycles. The number of terminal acetylenes is 1. The van der Waals surface area contributed by atoms with Crippen LogP contribution in [0.15, 0.2) is 0 Å². The van der Waals surface area contributed by atoms with Crippen molar-refractivity contribution in [1.29, 1.82) is 0 Å². The first-order chi connectivity index (χ1) is 12.6. The largest absolute Gasteiger partial charge is 0.480 e. The number of hydrogen-bond acceptors (Lipinski definition) is 5. The molecule has 3 amide bonds. The molecule has 0 radical (unpaired) electrons. The van der Waals surface area contributed by atoms with E-state index in [4.69, 9.17) is 9.84 Å². The molecule has 0 aromatic heterocycles. The molecular formula is C18H33N3O6. The average molecular weight is 387 g/mol. The van der Waals surface area contributed by atoms with Crippen molar-refractivity contribution in [2.75, 3.05) is 13.1 Å². The topological polar surface area (TPSA) is 134 Å². The van der Waals surface area contributed by atoms with E-state index in [0.717, 1.165) is 0 Å². The number of carboxylic acid groups (broad SMARTS) is 1. The Balaban J connectivity index is -0.00000104. The summed E-state index contributed by atoms with van der Waals surface area (Å²) in [6, 6.07) is -1.08. The van der Waals surface area contributed by atoms with Crippen molar-refractivity contribution >= 4 is 24.4 Å². The van der Waals surface area contributed by atoms with Gasteiger partial charge < -0.3 is 25.8 Å². The molecule has 0 heterocycles. The van der Waals surface area contributed by atoms with Crippen LogP contribution in [0.4, 0.5) is 4.79 Å². The van der Waals surface area contributed by atoms with Gasteiger partial charge in [0.15, 0.2) is 0 Å². The van der Waals surface area contributed by atoms with Crippen molar-refractivity contribution in [3.05, 3.63) is 0 Å². The lowest BCUT2D eigenvalue weighted by molar-refractivity contribution is -0.141. The first-order valence-electron chi connectivity index (χ1n) is 8.56. The molecule has 27 heavy (non-hydrogen) atoms. The Morgan fingerprint density at radius 1 is 1.19 bits per heavy atom. The zero-order chi connectivity index (χ0) is 21.9. The summed E-state index contributed by atoms with van der Waals surface area (Å²) in [5.74, 6) is -1.82. The lowest BCUT2D eigenvalue weighted by Gasteiger charge is -2.20. The minimum atomic E-state index is -1.18. The zero-order valence-corrected chi connectivity index (χ0v) is 16.8. The molecule has 156 valence electrons. The molecule has 0 aliphatic rings. The van der Waals surface area contributed by atoms with Gasteiger partial charge in [-0.15, -0.1) is 12.8 Å². The molecule has 9 nitrogen and oxygen atoms in total. The van der Waals surface area contributed by atoms with Crippen LogP contribution < -0.4 is 16.0 Å². The van der Waals surface area contributed by atoms with Gasteiger partial charge in [-0.05, 0) is 33.6 Å². The van der Waals surface area contributed by atoms with Gasteiger partial charge in [-0.1, -0.05) is 20.3 Å². The molecule has 0 aliphatic heterocycles. The van der Waals surface area contributed by atoms with E-state index in [-0.39, 0.29) is 13.0 Å². The van der Waals surface area contributed by atoms with E-state index >= 15 is 0 Å². The normalized spacial score (nSPS) is 10.5. The highest BCUT2D eigenvalue weighted by atomic mass is 16.6. The lowest BCUT2D eigenvalue weighted by atomic mass is 10.1. The number of nitrogens with one attached hydrogen (secondary N) is 3. The van der Waals surface area contributed by atoms with Crippen LogP contribution in [-0.4, -0.2) is 54.2 Å². The monoisotopic (exact) mass is 387 g/mol. The molecule has 0 rings (SSSR count). The quantitative estimate of drug-likeness (QED) is 0.267. The number of hydrogen-bond donors (Lipinski definition) is 4. The minimum Gasteiger partial charge on any atom is -0.480 e. The Morgan fingerprint density at radius 3 is 2.11 bits per heavy atom. The number of ether oxygens (including phenoxy) is 1. The van der Waals surface area contributed by atoms with E-state index in [1.807, 2.05) is 0 Å². The Morgan fingerprint density at radius 2 is 1.70 bits per heavy atom. The van der Waals surface area contributed by atoms with Gasteiger partial charge in [-0.2, -0.15) is 0 Å². The van der Waals surface area contributed by atoms with E-state index in [1.165, 1.54) is 6.42 Å². The molecule has 0 saturated carbocycles. The van der Waals surface area contributed by atoms with Gasteiger partial charge in [0.1, 0.15) is 18.2 Å².